The van der Waals surface area contributed by atoms with Crippen LogP contribution < -0.4 is 5.32 Å². The second kappa shape index (κ2) is 4.46. The number of aliphatic hydroxyl groups is 1. The summed E-state index contributed by atoms with van der Waals surface area (Å²) in [6.07, 6.45) is 4.20. The van der Waals surface area contributed by atoms with Crippen LogP contribution in [0.4, 0.5) is 0 Å². The van der Waals surface area contributed by atoms with E-state index in [1.54, 1.807) is 13.8 Å². The number of hydrogen-bond donors (Lipinski definition) is 2. The average molecular weight is 301 g/mol. The van der Waals surface area contributed by atoms with Crippen LogP contribution in [0.25, 0.3) is 0 Å². The first-order valence-electron chi connectivity index (χ1n) is 5.75. The quantitative estimate of drug-likeness (QED) is 0.894. The summed E-state index contributed by atoms with van der Waals surface area (Å²) in [5, 5.41) is 12.3. The van der Waals surface area contributed by atoms with E-state index in [1.165, 1.54) is 0 Å². The van der Waals surface area contributed by atoms with Crippen LogP contribution in [-0.2, 0) is 0 Å². The Labute approximate surface area is 109 Å². The van der Waals surface area contributed by atoms with Gasteiger partial charge in [0.05, 0.1) is 5.60 Å². The Morgan fingerprint density at radius 3 is 2.82 bits per heavy atom. The maximum atomic E-state index is 12.0. The van der Waals surface area contributed by atoms with Gasteiger partial charge in [0.25, 0.3) is 5.91 Å². The van der Waals surface area contributed by atoms with E-state index < -0.39 is 5.60 Å². The fraction of sp³-hybridized carbons (Fsp3) is 0.583. The zero-order chi connectivity index (χ0) is 12.6. The Morgan fingerprint density at radius 1 is 1.65 bits per heavy atom. The normalized spacial score (nSPS) is 16.0. The second-order valence-electron chi connectivity index (χ2n) is 5.18. The third-order valence-electron chi connectivity index (χ3n) is 2.67. The highest BCUT2D eigenvalue weighted by Gasteiger charge is 2.28. The Hall–Kier alpha value is -0.810. The fourth-order valence-electron chi connectivity index (χ4n) is 1.67. The molecule has 0 saturated heterocycles. The van der Waals surface area contributed by atoms with Crippen LogP contribution >= 0.6 is 15.9 Å². The highest BCUT2D eigenvalue weighted by molar-refractivity contribution is 9.10. The number of rotatable bonds is 4. The van der Waals surface area contributed by atoms with Crippen molar-refractivity contribution >= 4 is 21.8 Å². The molecule has 1 amide bonds. The Kier molecular flexibility index (Phi) is 3.32. The summed E-state index contributed by atoms with van der Waals surface area (Å²) < 4.78 is 2.92. The zero-order valence-electron chi connectivity index (χ0n) is 10.0. The lowest BCUT2D eigenvalue weighted by molar-refractivity contribution is 0.0689. The summed E-state index contributed by atoms with van der Waals surface area (Å²) in [6, 6.07) is 2.28. The topological polar surface area (TPSA) is 54.3 Å². The van der Waals surface area contributed by atoms with Gasteiger partial charge in [-0.1, -0.05) is 0 Å². The summed E-state index contributed by atoms with van der Waals surface area (Å²) in [7, 11) is 0. The van der Waals surface area contributed by atoms with Crippen molar-refractivity contribution < 1.29 is 9.90 Å². The highest BCUT2D eigenvalue weighted by Crippen LogP contribution is 2.37. The molecule has 1 saturated carbocycles. The number of nitrogens with one attached hydrogen (secondary N) is 1. The molecular formula is C12H17BrN2O2. The van der Waals surface area contributed by atoms with Gasteiger partial charge in [-0.05, 0) is 48.7 Å². The van der Waals surface area contributed by atoms with Crippen LogP contribution in [0.1, 0.15) is 43.2 Å². The van der Waals surface area contributed by atoms with E-state index in [-0.39, 0.29) is 12.5 Å². The first-order valence-corrected chi connectivity index (χ1v) is 6.54. The predicted octanol–water partition coefficient (Wildman–Crippen LogP) is 2.09. The molecule has 1 heterocycles. The third-order valence-corrected chi connectivity index (χ3v) is 3.10. The second-order valence-corrected chi connectivity index (χ2v) is 6.09. The van der Waals surface area contributed by atoms with Gasteiger partial charge in [0.15, 0.2) is 0 Å². The minimum absolute atomic E-state index is 0.135. The number of nitrogens with zero attached hydrogens (tertiary/aromatic N) is 1. The molecule has 1 aromatic heterocycles. The molecule has 1 aliphatic carbocycles. The van der Waals surface area contributed by atoms with Gasteiger partial charge in [0.2, 0.25) is 0 Å². The molecule has 1 aromatic rings. The van der Waals surface area contributed by atoms with Gasteiger partial charge < -0.3 is 15.0 Å². The molecule has 0 bridgehead atoms. The molecule has 1 fully saturated rings. The predicted molar refractivity (Wildman–Crippen MR) is 69.0 cm³/mol. The molecule has 17 heavy (non-hydrogen) atoms. The Balaban J connectivity index is 2.08. The van der Waals surface area contributed by atoms with E-state index in [2.05, 4.69) is 21.2 Å². The van der Waals surface area contributed by atoms with Gasteiger partial charge in [-0.2, -0.15) is 0 Å². The van der Waals surface area contributed by atoms with Gasteiger partial charge >= 0.3 is 0 Å². The number of amides is 1. The van der Waals surface area contributed by atoms with Crippen LogP contribution in [0.5, 0.6) is 0 Å². The molecule has 0 spiro atoms. The van der Waals surface area contributed by atoms with E-state index >= 15 is 0 Å². The minimum Gasteiger partial charge on any atom is -0.389 e. The van der Waals surface area contributed by atoms with Crippen molar-refractivity contribution in [2.24, 2.45) is 0 Å². The summed E-state index contributed by atoms with van der Waals surface area (Å²) in [4.78, 5) is 12.0. The number of carbonyl (C=O) groups is 1. The van der Waals surface area contributed by atoms with Crippen molar-refractivity contribution in [1.82, 2.24) is 9.88 Å². The summed E-state index contributed by atoms with van der Waals surface area (Å²) in [5.41, 5.74) is -0.229. The summed E-state index contributed by atoms with van der Waals surface area (Å²) in [5.74, 6) is -0.135. The highest BCUT2D eigenvalue weighted by atomic mass is 79.9. The smallest absolute Gasteiger partial charge is 0.268 e. The van der Waals surface area contributed by atoms with Gasteiger partial charge in [-0.15, -0.1) is 0 Å². The lowest BCUT2D eigenvalue weighted by atomic mass is 10.1. The maximum absolute atomic E-state index is 12.0. The maximum Gasteiger partial charge on any atom is 0.268 e. The molecule has 94 valence electrons. The molecule has 0 radical (unpaired) electrons. The average Bonchev–Trinajstić information content (AvgIpc) is 2.97. The lowest BCUT2D eigenvalue weighted by Gasteiger charge is -2.18. The molecule has 5 heteroatoms. The molecule has 0 atom stereocenters. The molecule has 2 N–H and O–H groups in total. The van der Waals surface area contributed by atoms with Crippen LogP contribution in [0.3, 0.4) is 0 Å². The van der Waals surface area contributed by atoms with Crippen LogP contribution in [0.15, 0.2) is 16.7 Å². The molecule has 0 aromatic carbocycles. The molecule has 0 aliphatic heterocycles. The van der Waals surface area contributed by atoms with Gasteiger partial charge in [0.1, 0.15) is 5.69 Å². The monoisotopic (exact) mass is 300 g/mol. The standard InChI is InChI=1S/C12H17BrN2O2/c1-12(2,17)7-14-11(16)10-5-8(13)6-15(10)9-3-4-9/h5-6,9,17H,3-4,7H2,1-2H3,(H,14,16). The van der Waals surface area contributed by atoms with Gasteiger partial charge in [-0.25, -0.2) is 0 Å². The summed E-state index contributed by atoms with van der Waals surface area (Å²) >= 11 is 3.39. The number of carbonyl (C=O) groups excluding carboxylic acids is 1. The molecule has 0 unspecified atom stereocenters. The largest absolute Gasteiger partial charge is 0.389 e. The summed E-state index contributed by atoms with van der Waals surface area (Å²) in [6.45, 7) is 3.59. The number of hydrogen-bond acceptors (Lipinski definition) is 2. The van der Waals surface area contributed by atoms with E-state index in [4.69, 9.17) is 0 Å². The van der Waals surface area contributed by atoms with Crippen molar-refractivity contribution in [1.29, 1.82) is 0 Å². The van der Waals surface area contributed by atoms with Crippen LogP contribution in [0, 0.1) is 0 Å². The van der Waals surface area contributed by atoms with E-state index in [0.717, 1.165) is 17.3 Å². The van der Waals surface area contributed by atoms with Crippen molar-refractivity contribution in [3.63, 3.8) is 0 Å². The van der Waals surface area contributed by atoms with Gasteiger partial charge in [0, 0.05) is 23.3 Å². The molecule has 2 rings (SSSR count). The zero-order valence-corrected chi connectivity index (χ0v) is 11.6. The fourth-order valence-corrected chi connectivity index (χ4v) is 2.11. The lowest BCUT2D eigenvalue weighted by Crippen LogP contribution is -2.38. The van der Waals surface area contributed by atoms with E-state index in [0.29, 0.717) is 11.7 Å². The van der Waals surface area contributed by atoms with Crippen molar-refractivity contribution in [2.45, 2.75) is 38.3 Å². The first kappa shape index (κ1) is 12.6. The van der Waals surface area contributed by atoms with E-state index in [9.17, 15) is 9.90 Å². The van der Waals surface area contributed by atoms with Gasteiger partial charge in [-0.3, -0.25) is 4.79 Å². The number of halogens is 1. The molecular weight excluding hydrogens is 284 g/mol. The number of aromatic nitrogens is 1. The third kappa shape index (κ3) is 3.33. The van der Waals surface area contributed by atoms with E-state index in [1.807, 2.05) is 16.8 Å². The Bertz CT molecular complexity index is 430. The SMILES string of the molecule is CC(C)(O)CNC(=O)c1cc(Br)cn1C1CC1. The first-order chi connectivity index (χ1) is 7.87. The van der Waals surface area contributed by atoms with Crippen LogP contribution in [-0.4, -0.2) is 27.7 Å². The van der Waals surface area contributed by atoms with Crippen molar-refractivity contribution in [3.8, 4) is 0 Å². The molecule has 4 nitrogen and oxygen atoms in total. The van der Waals surface area contributed by atoms with Crippen LogP contribution in [0.2, 0.25) is 0 Å². The minimum atomic E-state index is -0.885. The molecule has 1 aliphatic rings. The van der Waals surface area contributed by atoms with Crippen molar-refractivity contribution in [2.75, 3.05) is 6.54 Å². The Morgan fingerprint density at radius 2 is 2.29 bits per heavy atom. The van der Waals surface area contributed by atoms with Crippen molar-refractivity contribution in [3.05, 3.63) is 22.4 Å².